The van der Waals surface area contributed by atoms with Crippen LogP contribution in [0, 0.1) is 0 Å². The van der Waals surface area contributed by atoms with Gasteiger partial charge in [0.1, 0.15) is 6.54 Å². The molecule has 1 aromatic heterocycles. The van der Waals surface area contributed by atoms with E-state index < -0.39 is 0 Å². The zero-order valence-electron chi connectivity index (χ0n) is 10.4. The fraction of sp³-hybridized carbons (Fsp3) is 0.667. The van der Waals surface area contributed by atoms with Gasteiger partial charge in [0.15, 0.2) is 0 Å². The van der Waals surface area contributed by atoms with Crippen molar-refractivity contribution in [2.75, 3.05) is 18.4 Å². The monoisotopic (exact) mass is 249 g/mol. The number of rotatable bonds is 5. The Bertz CT molecular complexity index is 439. The summed E-state index contributed by atoms with van der Waals surface area (Å²) in [5, 5.41) is 7.57. The minimum Gasteiger partial charge on any atom is -0.378 e. The van der Waals surface area contributed by atoms with E-state index in [0.717, 1.165) is 18.3 Å². The molecule has 1 saturated carbocycles. The number of anilines is 1. The third-order valence-electron chi connectivity index (χ3n) is 3.60. The Balaban J connectivity index is 1.53. The van der Waals surface area contributed by atoms with E-state index in [1.807, 2.05) is 6.20 Å². The van der Waals surface area contributed by atoms with E-state index in [1.54, 1.807) is 10.9 Å². The maximum absolute atomic E-state index is 10.8. The number of hydrogen-bond donors (Lipinski definition) is 2. The van der Waals surface area contributed by atoms with Gasteiger partial charge in [0.05, 0.1) is 11.9 Å². The van der Waals surface area contributed by atoms with E-state index in [0.29, 0.717) is 6.04 Å². The molecule has 0 radical (unpaired) electrons. The summed E-state index contributed by atoms with van der Waals surface area (Å²) in [6.07, 6.45) is 7.50. The SMILES string of the molecule is NC(=O)Cn1cc(NC2CCN(C3CC3)C2)cn1. The van der Waals surface area contributed by atoms with Crippen LogP contribution in [0.4, 0.5) is 5.69 Å². The molecular formula is C12H19N5O. The number of hydrogen-bond acceptors (Lipinski definition) is 4. The molecular weight excluding hydrogens is 230 g/mol. The summed E-state index contributed by atoms with van der Waals surface area (Å²) in [4.78, 5) is 13.3. The maximum Gasteiger partial charge on any atom is 0.239 e. The van der Waals surface area contributed by atoms with Crippen molar-refractivity contribution in [3.05, 3.63) is 12.4 Å². The van der Waals surface area contributed by atoms with Crippen LogP contribution in [0.3, 0.4) is 0 Å². The van der Waals surface area contributed by atoms with Crippen LogP contribution in [0.1, 0.15) is 19.3 Å². The predicted octanol–water partition coefficient (Wildman–Crippen LogP) is 0.0170. The first-order valence-corrected chi connectivity index (χ1v) is 6.52. The molecule has 1 amide bonds. The Morgan fingerprint density at radius 2 is 2.33 bits per heavy atom. The third-order valence-corrected chi connectivity index (χ3v) is 3.60. The molecule has 0 spiro atoms. The van der Waals surface area contributed by atoms with Gasteiger partial charge in [-0.15, -0.1) is 0 Å². The van der Waals surface area contributed by atoms with Crippen LogP contribution in [0.15, 0.2) is 12.4 Å². The van der Waals surface area contributed by atoms with Crippen molar-refractivity contribution in [1.82, 2.24) is 14.7 Å². The third kappa shape index (κ3) is 2.64. The van der Waals surface area contributed by atoms with Gasteiger partial charge in [-0.2, -0.15) is 5.10 Å². The topological polar surface area (TPSA) is 76.2 Å². The number of likely N-dealkylation sites (tertiary alicyclic amines) is 1. The first-order valence-electron chi connectivity index (χ1n) is 6.52. The van der Waals surface area contributed by atoms with Gasteiger partial charge < -0.3 is 11.1 Å². The smallest absolute Gasteiger partial charge is 0.239 e. The van der Waals surface area contributed by atoms with Gasteiger partial charge in [0.2, 0.25) is 5.91 Å². The molecule has 1 aromatic rings. The Morgan fingerprint density at radius 1 is 1.50 bits per heavy atom. The second kappa shape index (κ2) is 4.61. The summed E-state index contributed by atoms with van der Waals surface area (Å²) in [6, 6.07) is 1.34. The first kappa shape index (κ1) is 11.5. The molecule has 2 heterocycles. The van der Waals surface area contributed by atoms with Crippen LogP contribution in [0.25, 0.3) is 0 Å². The molecule has 2 aliphatic rings. The second-order valence-electron chi connectivity index (χ2n) is 5.25. The van der Waals surface area contributed by atoms with Gasteiger partial charge in [0, 0.05) is 31.4 Å². The van der Waals surface area contributed by atoms with Crippen LogP contribution < -0.4 is 11.1 Å². The lowest BCUT2D eigenvalue weighted by Gasteiger charge is -2.15. The molecule has 3 rings (SSSR count). The lowest BCUT2D eigenvalue weighted by atomic mass is 10.2. The van der Waals surface area contributed by atoms with Crippen LogP contribution in [0.5, 0.6) is 0 Å². The molecule has 0 bridgehead atoms. The highest BCUT2D eigenvalue weighted by molar-refractivity contribution is 5.73. The maximum atomic E-state index is 10.8. The number of nitrogens with zero attached hydrogens (tertiary/aromatic N) is 3. The fourth-order valence-corrected chi connectivity index (χ4v) is 2.60. The van der Waals surface area contributed by atoms with Crippen LogP contribution in [-0.4, -0.2) is 45.8 Å². The fourth-order valence-electron chi connectivity index (χ4n) is 2.60. The number of carbonyl (C=O) groups excluding carboxylic acids is 1. The summed E-state index contributed by atoms with van der Waals surface area (Å²) in [6.45, 7) is 2.45. The molecule has 0 aromatic carbocycles. The summed E-state index contributed by atoms with van der Waals surface area (Å²) < 4.78 is 1.57. The van der Waals surface area contributed by atoms with Crippen LogP contribution in [-0.2, 0) is 11.3 Å². The van der Waals surface area contributed by atoms with Crippen molar-refractivity contribution in [2.24, 2.45) is 5.73 Å². The molecule has 1 saturated heterocycles. The average molecular weight is 249 g/mol. The van der Waals surface area contributed by atoms with E-state index in [9.17, 15) is 4.79 Å². The van der Waals surface area contributed by atoms with E-state index in [1.165, 1.54) is 25.8 Å². The van der Waals surface area contributed by atoms with Gasteiger partial charge in [-0.05, 0) is 19.3 Å². The van der Waals surface area contributed by atoms with Crippen molar-refractivity contribution in [3.63, 3.8) is 0 Å². The molecule has 6 heteroatoms. The van der Waals surface area contributed by atoms with Crippen molar-refractivity contribution in [1.29, 1.82) is 0 Å². The molecule has 18 heavy (non-hydrogen) atoms. The van der Waals surface area contributed by atoms with Crippen molar-refractivity contribution in [3.8, 4) is 0 Å². The molecule has 3 N–H and O–H groups in total. The summed E-state index contributed by atoms with van der Waals surface area (Å²) in [5.74, 6) is -0.370. The lowest BCUT2D eigenvalue weighted by molar-refractivity contribution is -0.118. The molecule has 98 valence electrons. The highest BCUT2D eigenvalue weighted by Crippen LogP contribution is 2.30. The van der Waals surface area contributed by atoms with Crippen molar-refractivity contribution >= 4 is 11.6 Å². The molecule has 1 aliphatic carbocycles. The van der Waals surface area contributed by atoms with Gasteiger partial charge in [0.25, 0.3) is 0 Å². The Hall–Kier alpha value is -1.56. The minimum atomic E-state index is -0.370. The van der Waals surface area contributed by atoms with Crippen LogP contribution >= 0.6 is 0 Å². The van der Waals surface area contributed by atoms with E-state index >= 15 is 0 Å². The predicted molar refractivity (Wildman–Crippen MR) is 68.0 cm³/mol. The summed E-state index contributed by atoms with van der Waals surface area (Å²) in [7, 11) is 0. The number of carbonyl (C=O) groups is 1. The largest absolute Gasteiger partial charge is 0.378 e. The van der Waals surface area contributed by atoms with E-state index in [-0.39, 0.29) is 12.5 Å². The van der Waals surface area contributed by atoms with Crippen molar-refractivity contribution < 1.29 is 4.79 Å². The van der Waals surface area contributed by atoms with E-state index in [4.69, 9.17) is 5.73 Å². The molecule has 1 aliphatic heterocycles. The van der Waals surface area contributed by atoms with Crippen molar-refractivity contribution in [2.45, 2.75) is 37.9 Å². The first-order chi connectivity index (χ1) is 8.70. The molecule has 1 atom stereocenters. The van der Waals surface area contributed by atoms with Gasteiger partial charge in [-0.25, -0.2) is 0 Å². The van der Waals surface area contributed by atoms with Gasteiger partial charge in [-0.3, -0.25) is 14.4 Å². The Morgan fingerprint density at radius 3 is 3.06 bits per heavy atom. The normalized spacial score (nSPS) is 24.3. The summed E-state index contributed by atoms with van der Waals surface area (Å²) in [5.41, 5.74) is 6.10. The number of amides is 1. The summed E-state index contributed by atoms with van der Waals surface area (Å²) >= 11 is 0. The molecule has 1 unspecified atom stereocenters. The highest BCUT2D eigenvalue weighted by Gasteiger charge is 2.34. The Labute approximate surface area is 106 Å². The number of nitrogens with two attached hydrogens (primary N) is 1. The number of primary amides is 1. The van der Waals surface area contributed by atoms with E-state index in [2.05, 4.69) is 15.3 Å². The van der Waals surface area contributed by atoms with Gasteiger partial charge >= 0.3 is 0 Å². The lowest BCUT2D eigenvalue weighted by Crippen LogP contribution is -2.27. The highest BCUT2D eigenvalue weighted by atomic mass is 16.1. The second-order valence-corrected chi connectivity index (χ2v) is 5.25. The Kier molecular flexibility index (Phi) is 2.95. The zero-order chi connectivity index (χ0) is 12.5. The molecule has 6 nitrogen and oxygen atoms in total. The standard InChI is InChI=1S/C12H19N5O/c13-12(18)8-17-7-10(5-14-17)15-9-3-4-16(6-9)11-1-2-11/h5,7,9,11,15H,1-4,6,8H2,(H2,13,18). The molecule has 2 fully saturated rings. The van der Waals surface area contributed by atoms with Gasteiger partial charge in [-0.1, -0.05) is 0 Å². The zero-order valence-corrected chi connectivity index (χ0v) is 10.4. The number of aromatic nitrogens is 2. The van der Waals surface area contributed by atoms with Crippen LogP contribution in [0.2, 0.25) is 0 Å². The minimum absolute atomic E-state index is 0.139. The average Bonchev–Trinajstić information content (AvgIpc) is 2.92. The number of nitrogens with one attached hydrogen (secondary N) is 1. The quantitative estimate of drug-likeness (QED) is 0.771.